The molecule has 0 radical (unpaired) electrons. The molecule has 0 aliphatic carbocycles. The number of hydrogen-bond acceptors (Lipinski definition) is 4. The Kier molecular flexibility index (Phi) is 7.36. The number of halogens is 5. The minimum Gasteiger partial charge on any atom is -0.333 e. The number of alkyl halides is 4. The van der Waals surface area contributed by atoms with Crippen LogP contribution in [0.3, 0.4) is 0 Å². The molecule has 2 N–H and O–H groups in total. The largest absolute Gasteiger partial charge is 0.451 e. The van der Waals surface area contributed by atoms with Gasteiger partial charge in [0.15, 0.2) is 5.82 Å². The molecule has 0 saturated carbocycles. The van der Waals surface area contributed by atoms with Crippen molar-refractivity contribution in [2.24, 2.45) is 17.6 Å². The maximum absolute atomic E-state index is 13.4. The fourth-order valence-corrected chi connectivity index (χ4v) is 3.26. The van der Waals surface area contributed by atoms with Crippen LogP contribution in [0.4, 0.5) is 22.0 Å². The fraction of sp³-hybridized carbons (Fsp3) is 0.722. The van der Waals surface area contributed by atoms with Crippen LogP contribution < -0.4 is 5.73 Å². The molecule has 2 heterocycles. The number of amides is 1. The molecule has 1 aromatic heterocycles. The first-order valence-electron chi connectivity index (χ1n) is 9.44. The highest BCUT2D eigenvalue weighted by atomic mass is 19.4. The zero-order valence-corrected chi connectivity index (χ0v) is 16.6. The van der Waals surface area contributed by atoms with E-state index in [1.807, 2.05) is 6.92 Å². The average Bonchev–Trinajstić information content (AvgIpc) is 3.04. The normalized spacial score (nSPS) is 19.5. The molecule has 1 aliphatic rings. The topological polar surface area (TPSA) is 77.0 Å². The smallest absolute Gasteiger partial charge is 0.333 e. The van der Waals surface area contributed by atoms with E-state index in [9.17, 15) is 26.7 Å². The second-order valence-corrected chi connectivity index (χ2v) is 7.61. The Morgan fingerprint density at radius 2 is 1.90 bits per heavy atom. The molecule has 0 bridgehead atoms. The van der Waals surface area contributed by atoms with Crippen LogP contribution in [0.5, 0.6) is 0 Å². The van der Waals surface area contributed by atoms with E-state index >= 15 is 0 Å². The second kappa shape index (κ2) is 9.19. The van der Waals surface area contributed by atoms with Crippen LogP contribution in [0.25, 0.3) is 0 Å². The number of allylic oxidation sites excluding steroid dienone is 2. The predicted octanol–water partition coefficient (Wildman–Crippen LogP) is 3.23. The third kappa shape index (κ3) is 5.97. The molecule has 0 saturated heterocycles. The Bertz CT molecular complexity index is 745. The Labute approximate surface area is 165 Å². The molecule has 1 aliphatic heterocycles. The summed E-state index contributed by atoms with van der Waals surface area (Å²) in [7, 11) is 0. The van der Waals surface area contributed by atoms with E-state index in [1.54, 1.807) is 6.92 Å². The third-order valence-electron chi connectivity index (χ3n) is 5.17. The Morgan fingerprint density at radius 1 is 1.24 bits per heavy atom. The number of nitrogens with zero attached hydrogens (tertiary/aromatic N) is 4. The van der Waals surface area contributed by atoms with Gasteiger partial charge in [0.1, 0.15) is 12.0 Å². The lowest BCUT2D eigenvalue weighted by atomic mass is 9.88. The number of fused-ring (bicyclic) bond motifs is 1. The fourth-order valence-electron chi connectivity index (χ4n) is 3.26. The average molecular weight is 423 g/mol. The second-order valence-electron chi connectivity index (χ2n) is 7.61. The number of rotatable bonds is 7. The first-order chi connectivity index (χ1) is 13.4. The molecule has 6 nitrogen and oxygen atoms in total. The van der Waals surface area contributed by atoms with Crippen molar-refractivity contribution in [3.8, 4) is 0 Å². The van der Waals surface area contributed by atoms with E-state index in [4.69, 9.17) is 5.73 Å². The maximum atomic E-state index is 13.4. The highest BCUT2D eigenvalue weighted by molar-refractivity contribution is 5.76. The van der Waals surface area contributed by atoms with Gasteiger partial charge in [-0.3, -0.25) is 4.79 Å². The monoisotopic (exact) mass is 423 g/mol. The van der Waals surface area contributed by atoms with Gasteiger partial charge in [-0.1, -0.05) is 13.8 Å². The van der Waals surface area contributed by atoms with Gasteiger partial charge < -0.3 is 15.2 Å². The van der Waals surface area contributed by atoms with Crippen molar-refractivity contribution < 1.29 is 26.7 Å². The molecule has 1 amide bonds. The Balaban J connectivity index is 1.90. The van der Waals surface area contributed by atoms with E-state index in [2.05, 4.69) is 10.2 Å². The summed E-state index contributed by atoms with van der Waals surface area (Å²) in [6.45, 7) is 4.69. The van der Waals surface area contributed by atoms with E-state index in [1.165, 1.54) is 11.0 Å². The van der Waals surface area contributed by atoms with Crippen molar-refractivity contribution in [3.63, 3.8) is 0 Å². The number of nitrogens with two attached hydrogens (primary N) is 1. The number of carbonyl (C=O) groups is 1. The lowest BCUT2D eigenvalue weighted by Gasteiger charge is -2.29. The van der Waals surface area contributed by atoms with Crippen LogP contribution in [0.15, 0.2) is 11.9 Å². The van der Waals surface area contributed by atoms with Crippen LogP contribution in [0.2, 0.25) is 0 Å². The summed E-state index contributed by atoms with van der Waals surface area (Å²) >= 11 is 0. The van der Waals surface area contributed by atoms with Gasteiger partial charge in [0.25, 0.3) is 0 Å². The molecule has 0 fully saturated rings. The lowest BCUT2D eigenvalue weighted by Crippen LogP contribution is -2.42. The van der Waals surface area contributed by atoms with Gasteiger partial charge in [0.2, 0.25) is 11.7 Å². The van der Waals surface area contributed by atoms with Crippen LogP contribution in [-0.2, 0) is 24.1 Å². The third-order valence-corrected chi connectivity index (χ3v) is 5.17. The van der Waals surface area contributed by atoms with Gasteiger partial charge in [-0.05, 0) is 31.3 Å². The lowest BCUT2D eigenvalue weighted by molar-refractivity contribution is -0.148. The molecule has 2 unspecified atom stereocenters. The SMILES string of the molecule is CC(CC(N)CC(=O)N1CCn2c(nnc2C(F)(F)F)C1)[C@H](C)/C=C(/F)[C@@H](C)F. The van der Waals surface area contributed by atoms with Gasteiger partial charge in [-0.2, -0.15) is 13.2 Å². The van der Waals surface area contributed by atoms with Crippen LogP contribution >= 0.6 is 0 Å². The molecule has 0 spiro atoms. The predicted molar refractivity (Wildman–Crippen MR) is 95.7 cm³/mol. The van der Waals surface area contributed by atoms with Crippen molar-refractivity contribution in [2.75, 3.05) is 6.54 Å². The molecule has 29 heavy (non-hydrogen) atoms. The van der Waals surface area contributed by atoms with Crippen LogP contribution in [-0.4, -0.2) is 44.3 Å². The van der Waals surface area contributed by atoms with Crippen LogP contribution in [0.1, 0.15) is 45.3 Å². The van der Waals surface area contributed by atoms with Gasteiger partial charge in [0.05, 0.1) is 6.54 Å². The summed E-state index contributed by atoms with van der Waals surface area (Å²) in [6, 6.07) is -0.509. The zero-order valence-electron chi connectivity index (χ0n) is 16.6. The quantitative estimate of drug-likeness (QED) is 0.684. The molecule has 2 rings (SSSR count). The molecular formula is C18H26F5N5O. The van der Waals surface area contributed by atoms with E-state index in [-0.39, 0.29) is 49.6 Å². The molecule has 164 valence electrons. The number of hydrogen-bond donors (Lipinski definition) is 1. The first-order valence-corrected chi connectivity index (χ1v) is 9.44. The Morgan fingerprint density at radius 3 is 2.48 bits per heavy atom. The van der Waals surface area contributed by atoms with Crippen molar-refractivity contribution in [1.82, 2.24) is 19.7 Å². The molecule has 11 heteroatoms. The molecule has 4 atom stereocenters. The molecule has 1 aromatic rings. The summed E-state index contributed by atoms with van der Waals surface area (Å²) in [5.74, 6) is -2.45. The highest BCUT2D eigenvalue weighted by Crippen LogP contribution is 2.29. The zero-order chi connectivity index (χ0) is 21.9. The summed E-state index contributed by atoms with van der Waals surface area (Å²) in [5, 5.41) is 6.72. The van der Waals surface area contributed by atoms with Gasteiger partial charge >= 0.3 is 6.18 Å². The number of aromatic nitrogens is 3. The summed E-state index contributed by atoms with van der Waals surface area (Å²) in [4.78, 5) is 13.9. The molecule has 0 aromatic carbocycles. The van der Waals surface area contributed by atoms with E-state index in [0.717, 1.165) is 11.5 Å². The first kappa shape index (κ1) is 23.2. The minimum absolute atomic E-state index is 0.00301. The summed E-state index contributed by atoms with van der Waals surface area (Å²) in [6.07, 6.45) is -4.62. The Hall–Kier alpha value is -2.04. The van der Waals surface area contributed by atoms with Crippen LogP contribution in [0, 0.1) is 11.8 Å². The maximum Gasteiger partial charge on any atom is 0.451 e. The van der Waals surface area contributed by atoms with Crippen molar-refractivity contribution >= 4 is 5.91 Å². The van der Waals surface area contributed by atoms with E-state index in [0.29, 0.717) is 6.42 Å². The summed E-state index contributed by atoms with van der Waals surface area (Å²) < 4.78 is 66.0. The van der Waals surface area contributed by atoms with Crippen molar-refractivity contribution in [2.45, 2.75) is 65.1 Å². The summed E-state index contributed by atoms with van der Waals surface area (Å²) in [5.41, 5.74) is 6.05. The standard InChI is InChI=1S/C18H26F5N5O/c1-10(11(2)7-14(20)12(3)19)6-13(24)8-16(29)27-4-5-28-15(9-27)25-26-17(28)18(21,22)23/h7,10-13H,4-6,8-9,24H2,1-3H3/b14-7+/t10?,11-,12-,13?/m1/s1. The van der Waals surface area contributed by atoms with E-state index < -0.39 is 30.0 Å². The van der Waals surface area contributed by atoms with Crippen molar-refractivity contribution in [1.29, 1.82) is 0 Å². The highest BCUT2D eigenvalue weighted by Gasteiger charge is 2.40. The van der Waals surface area contributed by atoms with Gasteiger partial charge in [-0.25, -0.2) is 8.78 Å². The van der Waals surface area contributed by atoms with Crippen molar-refractivity contribution in [3.05, 3.63) is 23.6 Å². The number of carbonyl (C=O) groups excluding carboxylic acids is 1. The molecular weight excluding hydrogens is 397 g/mol. The van der Waals surface area contributed by atoms with Gasteiger partial charge in [0, 0.05) is 25.6 Å². The van der Waals surface area contributed by atoms with Gasteiger partial charge in [-0.15, -0.1) is 10.2 Å². The minimum atomic E-state index is -4.60.